The van der Waals surface area contributed by atoms with Gasteiger partial charge in [0.2, 0.25) is 5.95 Å². The van der Waals surface area contributed by atoms with Crippen LogP contribution in [0.1, 0.15) is 0 Å². The van der Waals surface area contributed by atoms with Crippen LogP contribution in [-0.4, -0.2) is 9.97 Å². The topological polar surface area (TPSA) is 51.8 Å². The molecule has 0 atom stereocenters. The highest BCUT2D eigenvalue weighted by Gasteiger charge is 2.10. The predicted octanol–water partition coefficient (Wildman–Crippen LogP) is 3.69. The molecule has 1 aromatic carbocycles. The van der Waals surface area contributed by atoms with E-state index in [-0.39, 0.29) is 11.1 Å². The molecule has 0 radical (unpaired) electrons. The Morgan fingerprint density at radius 1 is 1.06 bits per heavy atom. The summed E-state index contributed by atoms with van der Waals surface area (Å²) in [6, 6.07) is 5.10. The lowest BCUT2D eigenvalue weighted by molar-refractivity contribution is 1.19. The second kappa shape index (κ2) is 4.45. The maximum atomic E-state index is 6.05. The van der Waals surface area contributed by atoms with Gasteiger partial charge in [-0.05, 0) is 12.1 Å². The largest absolute Gasteiger partial charge is 0.368 e. The lowest BCUT2D eigenvalue weighted by atomic mass is 10.1. The summed E-state index contributed by atoms with van der Waals surface area (Å²) < 4.78 is 0. The zero-order chi connectivity index (χ0) is 11.7. The Bertz CT molecular complexity index is 493. The van der Waals surface area contributed by atoms with Crippen LogP contribution in [0.3, 0.4) is 0 Å². The fourth-order valence-electron chi connectivity index (χ4n) is 1.26. The first-order valence-electron chi connectivity index (χ1n) is 4.31. The molecule has 2 N–H and O–H groups in total. The average molecular weight is 275 g/mol. The zero-order valence-electron chi connectivity index (χ0n) is 7.92. The first-order chi connectivity index (χ1) is 7.58. The molecule has 0 bridgehead atoms. The number of hydrogen-bond acceptors (Lipinski definition) is 3. The lowest BCUT2D eigenvalue weighted by Gasteiger charge is -2.06. The van der Waals surface area contributed by atoms with E-state index in [2.05, 4.69) is 9.97 Å². The minimum Gasteiger partial charge on any atom is -0.368 e. The van der Waals surface area contributed by atoms with Crippen molar-refractivity contribution in [1.82, 2.24) is 9.97 Å². The highest BCUT2D eigenvalue weighted by Crippen LogP contribution is 2.33. The van der Waals surface area contributed by atoms with Crippen LogP contribution in [0, 0.1) is 0 Å². The maximum absolute atomic E-state index is 6.05. The molecule has 0 saturated carbocycles. The van der Waals surface area contributed by atoms with E-state index in [1.807, 2.05) is 0 Å². The van der Waals surface area contributed by atoms with Gasteiger partial charge in [-0.3, -0.25) is 0 Å². The van der Waals surface area contributed by atoms with Crippen LogP contribution in [0.25, 0.3) is 11.1 Å². The van der Waals surface area contributed by atoms with Crippen LogP contribution in [0.2, 0.25) is 15.2 Å². The molecule has 2 aromatic rings. The van der Waals surface area contributed by atoms with Gasteiger partial charge in [0, 0.05) is 22.3 Å². The standard InChI is InChI=1S/C10H6Cl3N3/c11-5-1-2-6(8(12)3-5)7-4-15-10(14)16-9(7)13/h1-4H,(H2,14,15,16). The summed E-state index contributed by atoms with van der Waals surface area (Å²) in [6.45, 7) is 0. The average Bonchev–Trinajstić information content (AvgIpc) is 2.19. The number of nitrogens with zero attached hydrogens (tertiary/aromatic N) is 2. The Balaban J connectivity index is 2.59. The number of nitrogens with two attached hydrogens (primary N) is 1. The summed E-state index contributed by atoms with van der Waals surface area (Å²) in [5, 5.41) is 1.31. The highest BCUT2D eigenvalue weighted by atomic mass is 35.5. The molecule has 0 aliphatic carbocycles. The molecule has 0 spiro atoms. The quantitative estimate of drug-likeness (QED) is 0.807. The lowest BCUT2D eigenvalue weighted by Crippen LogP contribution is -1.95. The van der Waals surface area contributed by atoms with Gasteiger partial charge in [-0.15, -0.1) is 0 Å². The third-order valence-corrected chi connectivity index (χ3v) is 2.82. The van der Waals surface area contributed by atoms with Gasteiger partial charge >= 0.3 is 0 Å². The molecule has 0 amide bonds. The summed E-state index contributed by atoms with van der Waals surface area (Å²) >= 11 is 17.8. The predicted molar refractivity (Wildman–Crippen MR) is 66.9 cm³/mol. The number of benzene rings is 1. The van der Waals surface area contributed by atoms with Gasteiger partial charge < -0.3 is 5.73 Å². The Hall–Kier alpha value is -1.03. The smallest absolute Gasteiger partial charge is 0.221 e. The molecule has 0 aliphatic rings. The molecule has 6 heteroatoms. The summed E-state index contributed by atoms with van der Waals surface area (Å²) in [4.78, 5) is 7.72. The molecule has 16 heavy (non-hydrogen) atoms. The Morgan fingerprint density at radius 3 is 2.44 bits per heavy atom. The van der Waals surface area contributed by atoms with Gasteiger partial charge in [0.25, 0.3) is 0 Å². The van der Waals surface area contributed by atoms with Crippen molar-refractivity contribution in [1.29, 1.82) is 0 Å². The molecule has 3 nitrogen and oxygen atoms in total. The van der Waals surface area contributed by atoms with Crippen LogP contribution < -0.4 is 5.73 Å². The summed E-state index contributed by atoms with van der Waals surface area (Å²) in [5.74, 6) is 0.124. The van der Waals surface area contributed by atoms with Crippen molar-refractivity contribution in [2.24, 2.45) is 0 Å². The first-order valence-corrected chi connectivity index (χ1v) is 5.45. The normalized spacial score (nSPS) is 10.4. The summed E-state index contributed by atoms with van der Waals surface area (Å²) in [5.41, 5.74) is 6.75. The van der Waals surface area contributed by atoms with E-state index in [0.29, 0.717) is 15.6 Å². The Kier molecular flexibility index (Phi) is 3.19. The SMILES string of the molecule is Nc1ncc(-c2ccc(Cl)cc2Cl)c(Cl)n1. The minimum atomic E-state index is 0.124. The van der Waals surface area contributed by atoms with Gasteiger partial charge in [-0.1, -0.05) is 40.9 Å². The maximum Gasteiger partial charge on any atom is 0.221 e. The number of nitrogen functional groups attached to an aromatic ring is 1. The number of hydrogen-bond donors (Lipinski definition) is 1. The molecular formula is C10H6Cl3N3. The molecule has 82 valence electrons. The van der Waals surface area contributed by atoms with Crippen LogP contribution in [-0.2, 0) is 0 Å². The number of rotatable bonds is 1. The van der Waals surface area contributed by atoms with Crippen molar-refractivity contribution in [2.75, 3.05) is 5.73 Å². The van der Waals surface area contributed by atoms with E-state index >= 15 is 0 Å². The van der Waals surface area contributed by atoms with Crippen molar-refractivity contribution >= 4 is 40.8 Å². The second-order valence-electron chi connectivity index (χ2n) is 3.06. The highest BCUT2D eigenvalue weighted by molar-refractivity contribution is 6.37. The van der Waals surface area contributed by atoms with Gasteiger partial charge in [-0.25, -0.2) is 9.97 Å². The molecule has 0 aliphatic heterocycles. The fourth-order valence-corrected chi connectivity index (χ4v) is 2.01. The molecule has 0 saturated heterocycles. The number of anilines is 1. The van der Waals surface area contributed by atoms with E-state index in [1.54, 1.807) is 18.2 Å². The van der Waals surface area contributed by atoms with Gasteiger partial charge in [0.15, 0.2) is 0 Å². The molecular weight excluding hydrogens is 268 g/mol. The third kappa shape index (κ3) is 2.21. The van der Waals surface area contributed by atoms with Crippen molar-refractivity contribution in [3.8, 4) is 11.1 Å². The number of aromatic nitrogens is 2. The molecule has 1 heterocycles. The fraction of sp³-hybridized carbons (Fsp3) is 0. The molecule has 0 unspecified atom stereocenters. The van der Waals surface area contributed by atoms with Crippen molar-refractivity contribution in [3.63, 3.8) is 0 Å². The molecule has 0 fully saturated rings. The van der Waals surface area contributed by atoms with E-state index in [9.17, 15) is 0 Å². The summed E-state index contributed by atoms with van der Waals surface area (Å²) in [7, 11) is 0. The molecule has 2 rings (SSSR count). The van der Waals surface area contributed by atoms with Gasteiger partial charge in [0.1, 0.15) is 5.15 Å². The second-order valence-corrected chi connectivity index (χ2v) is 4.26. The Labute approximate surface area is 107 Å². The van der Waals surface area contributed by atoms with Gasteiger partial charge in [-0.2, -0.15) is 0 Å². The van der Waals surface area contributed by atoms with Crippen LogP contribution in [0.5, 0.6) is 0 Å². The number of halogens is 3. The van der Waals surface area contributed by atoms with Crippen molar-refractivity contribution < 1.29 is 0 Å². The molecule has 1 aromatic heterocycles. The van der Waals surface area contributed by atoms with Crippen molar-refractivity contribution in [2.45, 2.75) is 0 Å². The minimum absolute atomic E-state index is 0.124. The van der Waals surface area contributed by atoms with E-state index < -0.39 is 0 Å². The first kappa shape index (κ1) is 11.5. The van der Waals surface area contributed by atoms with Gasteiger partial charge in [0.05, 0.1) is 5.02 Å². The Morgan fingerprint density at radius 2 is 1.81 bits per heavy atom. The third-order valence-electron chi connectivity index (χ3n) is 1.98. The van der Waals surface area contributed by atoms with Crippen LogP contribution >= 0.6 is 34.8 Å². The van der Waals surface area contributed by atoms with E-state index in [0.717, 1.165) is 5.56 Å². The van der Waals surface area contributed by atoms with E-state index in [4.69, 9.17) is 40.5 Å². The zero-order valence-corrected chi connectivity index (χ0v) is 10.2. The van der Waals surface area contributed by atoms with Crippen LogP contribution in [0.4, 0.5) is 5.95 Å². The van der Waals surface area contributed by atoms with Crippen molar-refractivity contribution in [3.05, 3.63) is 39.6 Å². The monoisotopic (exact) mass is 273 g/mol. The van der Waals surface area contributed by atoms with E-state index in [1.165, 1.54) is 6.20 Å². The van der Waals surface area contributed by atoms with Crippen LogP contribution in [0.15, 0.2) is 24.4 Å². The summed E-state index contributed by atoms with van der Waals surface area (Å²) in [6.07, 6.45) is 1.53.